The summed E-state index contributed by atoms with van der Waals surface area (Å²) in [5, 5.41) is 12.5. The molecule has 3 rings (SSSR count). The molecule has 1 aliphatic rings. The summed E-state index contributed by atoms with van der Waals surface area (Å²) < 4.78 is 1.06. The fourth-order valence-electron chi connectivity index (χ4n) is 2.90. The van der Waals surface area contributed by atoms with Gasteiger partial charge in [-0.2, -0.15) is 0 Å². The van der Waals surface area contributed by atoms with E-state index in [0.29, 0.717) is 12.5 Å². The first-order valence-electron chi connectivity index (χ1n) is 8.12. The van der Waals surface area contributed by atoms with Crippen LogP contribution < -0.4 is 0 Å². The Morgan fingerprint density at radius 2 is 1.79 bits per heavy atom. The first-order valence-corrected chi connectivity index (χ1v) is 9.65. The third-order valence-electron chi connectivity index (χ3n) is 4.16. The second-order valence-electron chi connectivity index (χ2n) is 5.90. The van der Waals surface area contributed by atoms with E-state index in [4.69, 9.17) is 10.6 Å². The molecular formula is C19H22IN3O. The molecule has 0 aliphatic heterocycles. The zero-order valence-electron chi connectivity index (χ0n) is 13.6. The zero-order valence-corrected chi connectivity index (χ0v) is 15.7. The van der Waals surface area contributed by atoms with Crippen LogP contribution >= 0.6 is 22.6 Å². The van der Waals surface area contributed by atoms with Crippen LogP contribution in [0.15, 0.2) is 59.7 Å². The van der Waals surface area contributed by atoms with Crippen molar-refractivity contribution in [3.8, 4) is 11.1 Å². The Bertz CT molecular complexity index is 671. The van der Waals surface area contributed by atoms with Gasteiger partial charge in [0.05, 0.1) is 6.10 Å². The Morgan fingerprint density at radius 3 is 2.42 bits per heavy atom. The van der Waals surface area contributed by atoms with Gasteiger partial charge in [-0.1, -0.05) is 82.3 Å². The van der Waals surface area contributed by atoms with Gasteiger partial charge in [0.15, 0.2) is 0 Å². The zero-order chi connectivity index (χ0) is 17.2. The van der Waals surface area contributed by atoms with Crippen molar-refractivity contribution < 1.29 is 5.11 Å². The van der Waals surface area contributed by atoms with E-state index in [2.05, 4.69) is 87.2 Å². The number of aliphatic hydroxyl groups is 1. The number of benzene rings is 2. The van der Waals surface area contributed by atoms with Crippen LogP contribution in [-0.2, 0) is 4.43 Å². The highest BCUT2D eigenvalue weighted by Gasteiger charge is 2.21. The molecule has 0 radical (unpaired) electrons. The Balaban J connectivity index is 0.000000185. The number of nitrogens with zero attached hydrogens (tertiary/aromatic N) is 3. The van der Waals surface area contributed by atoms with Crippen molar-refractivity contribution in [1.29, 1.82) is 0 Å². The van der Waals surface area contributed by atoms with Gasteiger partial charge >= 0.3 is 0 Å². The lowest BCUT2D eigenvalue weighted by Crippen LogP contribution is -2.02. The molecule has 2 aromatic carbocycles. The summed E-state index contributed by atoms with van der Waals surface area (Å²) in [7, 11) is 0. The van der Waals surface area contributed by atoms with Crippen LogP contribution in [0.2, 0.25) is 0 Å². The third kappa shape index (κ3) is 5.82. The van der Waals surface area contributed by atoms with Gasteiger partial charge in [-0.25, -0.2) is 0 Å². The molecule has 2 aromatic rings. The van der Waals surface area contributed by atoms with Gasteiger partial charge in [-0.15, -0.1) is 0 Å². The molecule has 1 saturated carbocycles. The maximum atomic E-state index is 9.06. The number of aliphatic hydroxyl groups excluding tert-OH is 1. The molecule has 0 bridgehead atoms. The van der Waals surface area contributed by atoms with E-state index in [-0.39, 0.29) is 6.10 Å². The Morgan fingerprint density at radius 1 is 1.08 bits per heavy atom. The molecule has 1 N–H and O–H groups in total. The highest BCUT2D eigenvalue weighted by Crippen LogP contribution is 2.25. The van der Waals surface area contributed by atoms with Crippen LogP contribution in [0.1, 0.15) is 24.8 Å². The van der Waals surface area contributed by atoms with Gasteiger partial charge < -0.3 is 5.11 Å². The molecule has 0 heterocycles. The van der Waals surface area contributed by atoms with Crippen LogP contribution in [0.25, 0.3) is 21.6 Å². The fourth-order valence-corrected chi connectivity index (χ4v) is 3.57. The standard InChI is InChI=1S/C13H11I.C6H11N3O/c14-10-12-8-4-5-9-13(12)11-6-2-1-3-7-11;7-9-8-4-5-1-2-6(10)3-5/h1-9H,10H2;5-6,10H,1-4H2/t;5-,6?/m.0/s1. The Labute approximate surface area is 156 Å². The first-order chi connectivity index (χ1) is 11.7. The summed E-state index contributed by atoms with van der Waals surface area (Å²) in [6.07, 6.45) is 2.52. The maximum absolute atomic E-state index is 9.06. The van der Waals surface area contributed by atoms with E-state index >= 15 is 0 Å². The molecular weight excluding hydrogens is 413 g/mol. The number of halogens is 1. The second kappa shape index (κ2) is 10.3. The lowest BCUT2D eigenvalue weighted by molar-refractivity contribution is 0.178. The van der Waals surface area contributed by atoms with Gasteiger partial charge in [-0.3, -0.25) is 0 Å². The van der Waals surface area contributed by atoms with E-state index in [1.165, 1.54) is 16.7 Å². The van der Waals surface area contributed by atoms with Crippen LogP contribution in [0.5, 0.6) is 0 Å². The van der Waals surface area contributed by atoms with E-state index in [0.717, 1.165) is 23.7 Å². The average molecular weight is 435 g/mol. The number of azide groups is 1. The van der Waals surface area contributed by atoms with Crippen molar-refractivity contribution in [2.24, 2.45) is 11.0 Å². The summed E-state index contributed by atoms with van der Waals surface area (Å²) in [4.78, 5) is 2.67. The number of rotatable bonds is 4. The Hall–Kier alpha value is -1.56. The quantitative estimate of drug-likeness (QED) is 0.215. The van der Waals surface area contributed by atoms with Gasteiger partial charge in [0, 0.05) is 15.9 Å². The Kier molecular flexibility index (Phi) is 8.08. The van der Waals surface area contributed by atoms with Crippen molar-refractivity contribution in [3.63, 3.8) is 0 Å². The summed E-state index contributed by atoms with van der Waals surface area (Å²) in [6, 6.07) is 19.1. The normalized spacial score (nSPS) is 19.1. The molecule has 126 valence electrons. The summed E-state index contributed by atoms with van der Waals surface area (Å²) in [6.45, 7) is 0.549. The van der Waals surface area contributed by atoms with Crippen LogP contribution in [0.3, 0.4) is 0 Å². The smallest absolute Gasteiger partial charge is 0.0543 e. The van der Waals surface area contributed by atoms with E-state index in [1.807, 2.05) is 0 Å². The van der Waals surface area contributed by atoms with Crippen LogP contribution in [0, 0.1) is 5.92 Å². The lowest BCUT2D eigenvalue weighted by atomic mass is 10.0. The molecule has 1 unspecified atom stereocenters. The molecule has 0 spiro atoms. The first kappa shape index (κ1) is 18.8. The van der Waals surface area contributed by atoms with Gasteiger partial charge in [0.1, 0.15) is 0 Å². The molecule has 1 fully saturated rings. The third-order valence-corrected chi connectivity index (χ3v) is 4.98. The molecule has 24 heavy (non-hydrogen) atoms. The monoisotopic (exact) mass is 435 g/mol. The number of hydrogen-bond acceptors (Lipinski definition) is 2. The van der Waals surface area contributed by atoms with Crippen molar-refractivity contribution in [3.05, 3.63) is 70.6 Å². The minimum atomic E-state index is -0.154. The SMILES string of the molecule is ICc1ccccc1-c1ccccc1.[N-]=[N+]=NC[C@H]1CCC(O)C1. The topological polar surface area (TPSA) is 69.0 Å². The lowest BCUT2D eigenvalue weighted by Gasteiger charge is -2.06. The van der Waals surface area contributed by atoms with Crippen molar-refractivity contribution in [1.82, 2.24) is 0 Å². The molecule has 0 saturated heterocycles. The second-order valence-corrected chi connectivity index (χ2v) is 6.67. The molecule has 2 atom stereocenters. The molecule has 4 nitrogen and oxygen atoms in total. The summed E-state index contributed by atoms with van der Waals surface area (Å²) >= 11 is 2.41. The minimum absolute atomic E-state index is 0.154. The predicted octanol–water partition coefficient (Wildman–Crippen LogP) is 5.75. The number of alkyl halides is 1. The minimum Gasteiger partial charge on any atom is -0.393 e. The van der Waals surface area contributed by atoms with Crippen LogP contribution in [0.4, 0.5) is 0 Å². The largest absolute Gasteiger partial charge is 0.393 e. The van der Waals surface area contributed by atoms with E-state index in [9.17, 15) is 0 Å². The van der Waals surface area contributed by atoms with Crippen molar-refractivity contribution in [2.45, 2.75) is 29.8 Å². The highest BCUT2D eigenvalue weighted by molar-refractivity contribution is 14.1. The predicted molar refractivity (Wildman–Crippen MR) is 107 cm³/mol. The van der Waals surface area contributed by atoms with Gasteiger partial charge in [0.2, 0.25) is 0 Å². The molecule has 5 heteroatoms. The van der Waals surface area contributed by atoms with Gasteiger partial charge in [-0.05, 0) is 47.4 Å². The highest BCUT2D eigenvalue weighted by atomic mass is 127. The fraction of sp³-hybridized carbons (Fsp3) is 0.368. The molecule has 1 aliphatic carbocycles. The maximum Gasteiger partial charge on any atom is 0.0543 e. The van der Waals surface area contributed by atoms with E-state index < -0.39 is 0 Å². The number of hydrogen-bond donors (Lipinski definition) is 1. The van der Waals surface area contributed by atoms with Crippen molar-refractivity contribution >= 4 is 22.6 Å². The van der Waals surface area contributed by atoms with Crippen LogP contribution in [-0.4, -0.2) is 17.8 Å². The average Bonchev–Trinajstić information content (AvgIpc) is 3.06. The molecule has 0 aromatic heterocycles. The van der Waals surface area contributed by atoms with E-state index in [1.54, 1.807) is 0 Å². The van der Waals surface area contributed by atoms with Gasteiger partial charge in [0.25, 0.3) is 0 Å². The molecule has 0 amide bonds. The summed E-state index contributed by atoms with van der Waals surface area (Å²) in [5.74, 6) is 0.422. The van der Waals surface area contributed by atoms with Crippen molar-refractivity contribution in [2.75, 3.05) is 6.54 Å². The summed E-state index contributed by atoms with van der Waals surface area (Å²) in [5.41, 5.74) is 12.0.